The number of carbonyl (C=O) groups excluding carboxylic acids is 1. The van der Waals surface area contributed by atoms with Crippen LogP contribution in [0.5, 0.6) is 5.75 Å². The van der Waals surface area contributed by atoms with Gasteiger partial charge in [-0.3, -0.25) is 9.48 Å². The van der Waals surface area contributed by atoms with E-state index < -0.39 is 12.2 Å². The molecule has 10 heteroatoms. The van der Waals surface area contributed by atoms with Gasteiger partial charge in [0.2, 0.25) is 0 Å². The third-order valence-corrected chi connectivity index (χ3v) is 6.86. The fraction of sp³-hybridized carbons (Fsp3) is 0.600. The van der Waals surface area contributed by atoms with Crippen LogP contribution in [0.1, 0.15) is 63.9 Å². The molecule has 0 bridgehead atoms. The molecule has 35 heavy (non-hydrogen) atoms. The van der Waals surface area contributed by atoms with E-state index in [4.69, 9.17) is 16.3 Å². The first kappa shape index (κ1) is 27.2. The molecule has 0 aliphatic heterocycles. The van der Waals surface area contributed by atoms with Gasteiger partial charge in [0.05, 0.1) is 17.3 Å². The SMILES string of the molecule is CCOc1cc(N[C@H](C)C(F)(F)F)ccc1-c1c(Cl)c(C(=O)NCC2CCC(C)CC2)nn1CC. The second-order valence-electron chi connectivity index (χ2n) is 9.21. The van der Waals surface area contributed by atoms with E-state index in [-0.39, 0.29) is 22.3 Å². The van der Waals surface area contributed by atoms with Crippen molar-refractivity contribution < 1.29 is 22.7 Å². The van der Waals surface area contributed by atoms with Gasteiger partial charge in [0.1, 0.15) is 11.8 Å². The third kappa shape index (κ3) is 6.63. The van der Waals surface area contributed by atoms with Crippen molar-refractivity contribution in [1.82, 2.24) is 15.1 Å². The summed E-state index contributed by atoms with van der Waals surface area (Å²) in [5.74, 6) is 1.20. The summed E-state index contributed by atoms with van der Waals surface area (Å²) in [6.45, 7) is 8.29. The number of amides is 1. The van der Waals surface area contributed by atoms with Crippen LogP contribution in [0.15, 0.2) is 18.2 Å². The number of nitrogens with zero attached hydrogens (tertiary/aromatic N) is 2. The summed E-state index contributed by atoms with van der Waals surface area (Å²) in [7, 11) is 0. The highest BCUT2D eigenvalue weighted by molar-refractivity contribution is 6.36. The smallest absolute Gasteiger partial charge is 0.408 e. The predicted molar refractivity (Wildman–Crippen MR) is 132 cm³/mol. The van der Waals surface area contributed by atoms with E-state index in [1.807, 2.05) is 6.92 Å². The van der Waals surface area contributed by atoms with Crippen molar-refractivity contribution in [2.75, 3.05) is 18.5 Å². The number of nitrogens with one attached hydrogen (secondary N) is 2. The molecule has 2 N–H and O–H groups in total. The number of halogens is 4. The lowest BCUT2D eigenvalue weighted by Gasteiger charge is -2.26. The molecule has 3 rings (SSSR count). The Labute approximate surface area is 209 Å². The first-order chi connectivity index (χ1) is 16.5. The van der Waals surface area contributed by atoms with Crippen LogP contribution >= 0.6 is 11.6 Å². The van der Waals surface area contributed by atoms with E-state index in [0.717, 1.165) is 25.7 Å². The molecule has 2 aromatic rings. The van der Waals surface area contributed by atoms with Crippen molar-refractivity contribution in [1.29, 1.82) is 0 Å². The first-order valence-electron chi connectivity index (χ1n) is 12.2. The highest BCUT2D eigenvalue weighted by Gasteiger charge is 2.36. The molecule has 1 aliphatic rings. The van der Waals surface area contributed by atoms with Crippen LogP contribution < -0.4 is 15.4 Å². The molecule has 1 aromatic carbocycles. The fourth-order valence-electron chi connectivity index (χ4n) is 4.34. The van der Waals surface area contributed by atoms with Gasteiger partial charge in [-0.25, -0.2) is 0 Å². The summed E-state index contributed by atoms with van der Waals surface area (Å²) in [6.07, 6.45) is 0.141. The van der Waals surface area contributed by atoms with Gasteiger partial charge >= 0.3 is 6.18 Å². The second-order valence-corrected chi connectivity index (χ2v) is 9.59. The van der Waals surface area contributed by atoms with Gasteiger partial charge < -0.3 is 15.4 Å². The molecule has 0 radical (unpaired) electrons. The van der Waals surface area contributed by atoms with Crippen LogP contribution in [-0.4, -0.2) is 41.1 Å². The minimum Gasteiger partial charge on any atom is -0.493 e. The maximum absolute atomic E-state index is 13.0. The number of anilines is 1. The van der Waals surface area contributed by atoms with Crippen molar-refractivity contribution >= 4 is 23.2 Å². The Balaban J connectivity index is 1.86. The van der Waals surface area contributed by atoms with Gasteiger partial charge in [-0.05, 0) is 57.6 Å². The second kappa shape index (κ2) is 11.5. The molecule has 1 aromatic heterocycles. The lowest BCUT2D eigenvalue weighted by atomic mass is 9.83. The summed E-state index contributed by atoms with van der Waals surface area (Å²) in [5, 5.41) is 10.1. The Bertz CT molecular complexity index is 1020. The Morgan fingerprint density at radius 3 is 2.54 bits per heavy atom. The zero-order valence-corrected chi connectivity index (χ0v) is 21.4. The van der Waals surface area contributed by atoms with Crippen molar-refractivity contribution in [3.05, 3.63) is 28.9 Å². The van der Waals surface area contributed by atoms with Crippen molar-refractivity contribution in [3.8, 4) is 17.0 Å². The number of benzene rings is 1. The molecule has 0 saturated heterocycles. The van der Waals surface area contributed by atoms with E-state index in [0.29, 0.717) is 42.6 Å². The van der Waals surface area contributed by atoms with E-state index in [9.17, 15) is 18.0 Å². The van der Waals surface area contributed by atoms with E-state index >= 15 is 0 Å². The van der Waals surface area contributed by atoms with Crippen molar-refractivity contribution in [3.63, 3.8) is 0 Å². The molecule has 1 atom stereocenters. The third-order valence-electron chi connectivity index (χ3n) is 6.51. The highest BCUT2D eigenvalue weighted by Crippen LogP contribution is 2.39. The van der Waals surface area contributed by atoms with Crippen LogP contribution in [0.25, 0.3) is 11.3 Å². The minimum atomic E-state index is -4.38. The molecule has 1 heterocycles. The summed E-state index contributed by atoms with van der Waals surface area (Å²) >= 11 is 6.67. The lowest BCUT2D eigenvalue weighted by Crippen LogP contribution is -2.33. The van der Waals surface area contributed by atoms with Gasteiger partial charge in [-0.1, -0.05) is 31.4 Å². The number of aryl methyl sites for hydroxylation is 1. The van der Waals surface area contributed by atoms with Gasteiger partial charge in [0, 0.05) is 30.4 Å². The van der Waals surface area contributed by atoms with Gasteiger partial charge in [-0.2, -0.15) is 18.3 Å². The number of alkyl halides is 3. The molecular formula is C25H34ClF3N4O2. The average molecular weight is 515 g/mol. The maximum Gasteiger partial charge on any atom is 0.408 e. The molecule has 1 saturated carbocycles. The monoisotopic (exact) mass is 514 g/mol. The maximum atomic E-state index is 13.0. The number of ether oxygens (including phenoxy) is 1. The molecule has 1 amide bonds. The quantitative estimate of drug-likeness (QED) is 0.398. The summed E-state index contributed by atoms with van der Waals surface area (Å²) < 4.78 is 46.3. The summed E-state index contributed by atoms with van der Waals surface area (Å²) in [6, 6.07) is 2.95. The fourth-order valence-corrected chi connectivity index (χ4v) is 4.66. The molecule has 1 aliphatic carbocycles. The van der Waals surface area contributed by atoms with E-state index in [1.165, 1.54) is 25.0 Å². The van der Waals surface area contributed by atoms with Crippen molar-refractivity contribution in [2.24, 2.45) is 11.8 Å². The van der Waals surface area contributed by atoms with Gasteiger partial charge in [0.15, 0.2) is 5.69 Å². The number of aromatic nitrogens is 2. The summed E-state index contributed by atoms with van der Waals surface area (Å²) in [4.78, 5) is 12.9. The average Bonchev–Trinajstić information content (AvgIpc) is 3.14. The summed E-state index contributed by atoms with van der Waals surface area (Å²) in [5.41, 5.74) is 1.44. The molecular weight excluding hydrogens is 481 g/mol. The molecule has 0 spiro atoms. The van der Waals surface area contributed by atoms with Crippen molar-refractivity contribution in [2.45, 2.75) is 72.1 Å². The lowest BCUT2D eigenvalue weighted by molar-refractivity contribution is -0.138. The van der Waals surface area contributed by atoms with Crippen LogP contribution in [0, 0.1) is 11.8 Å². The zero-order valence-electron chi connectivity index (χ0n) is 20.6. The number of hydrogen-bond donors (Lipinski definition) is 2. The standard InChI is InChI=1S/C25H34ClF3N4O2/c1-5-33-23(19-12-11-18(13-20(19)35-6-2)31-16(4)25(27,28)29)21(26)22(32-33)24(34)30-14-17-9-7-15(3)8-10-17/h11-13,15-17,31H,5-10,14H2,1-4H3,(H,30,34)/t15?,16-,17?/m1/s1. The first-order valence-corrected chi connectivity index (χ1v) is 12.6. The van der Waals surface area contributed by atoms with E-state index in [2.05, 4.69) is 22.7 Å². The number of hydrogen-bond acceptors (Lipinski definition) is 4. The van der Waals surface area contributed by atoms with Crippen LogP contribution in [0.4, 0.5) is 18.9 Å². The molecule has 1 fully saturated rings. The molecule has 194 valence electrons. The largest absolute Gasteiger partial charge is 0.493 e. The Kier molecular flexibility index (Phi) is 8.96. The Morgan fingerprint density at radius 1 is 1.26 bits per heavy atom. The topological polar surface area (TPSA) is 68.2 Å². The van der Waals surface area contributed by atoms with Crippen LogP contribution in [-0.2, 0) is 6.54 Å². The zero-order chi connectivity index (χ0) is 25.8. The minimum absolute atomic E-state index is 0.128. The Morgan fingerprint density at radius 2 is 1.94 bits per heavy atom. The van der Waals surface area contributed by atoms with Gasteiger partial charge in [0.25, 0.3) is 5.91 Å². The number of carbonyl (C=O) groups is 1. The number of rotatable bonds is 9. The normalized spacial score (nSPS) is 19.3. The Hall–Kier alpha value is -2.42. The van der Waals surface area contributed by atoms with Crippen LogP contribution in [0.2, 0.25) is 5.02 Å². The van der Waals surface area contributed by atoms with Crippen LogP contribution in [0.3, 0.4) is 0 Å². The molecule has 0 unspecified atom stereocenters. The van der Waals surface area contributed by atoms with Gasteiger partial charge in [-0.15, -0.1) is 0 Å². The molecule has 6 nitrogen and oxygen atoms in total. The van der Waals surface area contributed by atoms with E-state index in [1.54, 1.807) is 17.7 Å². The predicted octanol–water partition coefficient (Wildman–Crippen LogP) is 6.54. The highest BCUT2D eigenvalue weighted by atomic mass is 35.5.